The molecule has 1 aromatic carbocycles. The molecule has 0 fully saturated rings. The van der Waals surface area contributed by atoms with Crippen molar-refractivity contribution in [2.45, 2.75) is 18.2 Å². The predicted molar refractivity (Wildman–Crippen MR) is 60.1 cm³/mol. The van der Waals surface area contributed by atoms with E-state index in [1.807, 2.05) is 0 Å². The molecular formula is C9H9BrClFS. The first-order valence-electron chi connectivity index (χ1n) is 3.93. The van der Waals surface area contributed by atoms with E-state index >= 15 is 0 Å². The minimum Gasteiger partial charge on any atom is -0.204 e. The third kappa shape index (κ3) is 2.86. The van der Waals surface area contributed by atoms with Crippen LogP contribution in [0.15, 0.2) is 21.5 Å². The molecule has 0 spiro atoms. The Hall–Kier alpha value is 0.270. The number of halogens is 3. The first-order chi connectivity index (χ1) is 6.16. The van der Waals surface area contributed by atoms with Crippen LogP contribution in [0.3, 0.4) is 0 Å². The lowest BCUT2D eigenvalue weighted by Crippen LogP contribution is -1.86. The van der Waals surface area contributed by atoms with Crippen molar-refractivity contribution >= 4 is 39.3 Å². The van der Waals surface area contributed by atoms with Crippen molar-refractivity contribution in [2.75, 3.05) is 5.75 Å². The van der Waals surface area contributed by atoms with Gasteiger partial charge in [-0.2, -0.15) is 0 Å². The Kier molecular flexibility index (Phi) is 4.56. The van der Waals surface area contributed by atoms with Gasteiger partial charge in [0.15, 0.2) is 5.82 Å². The lowest BCUT2D eigenvalue weighted by Gasteiger charge is -2.05. The fraction of sp³-hybridized carbons (Fsp3) is 0.333. The molecule has 0 radical (unpaired) electrons. The first-order valence-corrected chi connectivity index (χ1v) is 6.08. The van der Waals surface area contributed by atoms with Gasteiger partial charge in [-0.25, -0.2) is 4.39 Å². The van der Waals surface area contributed by atoms with Crippen LogP contribution in [0.25, 0.3) is 0 Å². The highest BCUT2D eigenvalue weighted by atomic mass is 79.9. The number of hydrogen-bond donors (Lipinski definition) is 0. The molecule has 0 bridgehead atoms. The molecule has 0 aromatic heterocycles. The van der Waals surface area contributed by atoms with Crippen molar-refractivity contribution < 1.29 is 4.39 Å². The predicted octanol–water partition coefficient (Wildman–Crippen LogP) is 4.74. The van der Waals surface area contributed by atoms with Gasteiger partial charge in [-0.3, -0.25) is 0 Å². The number of thioether (sulfide) groups is 1. The van der Waals surface area contributed by atoms with E-state index in [4.69, 9.17) is 11.6 Å². The maximum atomic E-state index is 13.4. The van der Waals surface area contributed by atoms with E-state index in [-0.39, 0.29) is 5.82 Å². The summed E-state index contributed by atoms with van der Waals surface area (Å²) >= 11 is 10.4. The summed E-state index contributed by atoms with van der Waals surface area (Å²) in [5.74, 6) is 0.624. The summed E-state index contributed by atoms with van der Waals surface area (Å²) in [5.41, 5.74) is 0. The second kappa shape index (κ2) is 5.23. The largest absolute Gasteiger partial charge is 0.204 e. The third-order valence-electron chi connectivity index (χ3n) is 1.45. The fourth-order valence-corrected chi connectivity index (χ4v) is 2.47. The zero-order valence-electron chi connectivity index (χ0n) is 7.11. The van der Waals surface area contributed by atoms with Crippen molar-refractivity contribution in [1.29, 1.82) is 0 Å². The van der Waals surface area contributed by atoms with Gasteiger partial charge in [0.05, 0.1) is 14.4 Å². The van der Waals surface area contributed by atoms with Gasteiger partial charge in [0, 0.05) is 0 Å². The molecule has 1 rings (SSSR count). The minimum absolute atomic E-state index is 0.258. The number of rotatable bonds is 3. The molecule has 4 heteroatoms. The summed E-state index contributed by atoms with van der Waals surface area (Å²) < 4.78 is 13.9. The summed E-state index contributed by atoms with van der Waals surface area (Å²) in [4.78, 5) is 0.540. The van der Waals surface area contributed by atoms with Crippen LogP contribution in [0, 0.1) is 5.82 Å². The zero-order chi connectivity index (χ0) is 9.84. The molecule has 0 amide bonds. The Morgan fingerprint density at radius 1 is 1.54 bits per heavy atom. The Morgan fingerprint density at radius 2 is 2.23 bits per heavy atom. The van der Waals surface area contributed by atoms with Crippen LogP contribution in [0.4, 0.5) is 4.39 Å². The maximum absolute atomic E-state index is 13.4. The molecule has 0 unspecified atom stereocenters. The third-order valence-corrected chi connectivity index (χ3v) is 3.79. The quantitative estimate of drug-likeness (QED) is 0.570. The van der Waals surface area contributed by atoms with E-state index in [0.717, 1.165) is 12.2 Å². The first kappa shape index (κ1) is 11.3. The van der Waals surface area contributed by atoms with Crippen molar-refractivity contribution in [3.63, 3.8) is 0 Å². The van der Waals surface area contributed by atoms with Gasteiger partial charge in [-0.1, -0.05) is 18.5 Å². The van der Waals surface area contributed by atoms with Crippen LogP contribution < -0.4 is 0 Å². The molecule has 0 saturated heterocycles. The zero-order valence-corrected chi connectivity index (χ0v) is 10.3. The van der Waals surface area contributed by atoms with Crippen molar-refractivity contribution in [1.82, 2.24) is 0 Å². The summed E-state index contributed by atoms with van der Waals surface area (Å²) in [7, 11) is 0. The fourth-order valence-electron chi connectivity index (χ4n) is 0.845. The topological polar surface area (TPSA) is 0 Å². The molecule has 0 aliphatic rings. The Labute approximate surface area is 95.0 Å². The Bertz CT molecular complexity index is 304. The van der Waals surface area contributed by atoms with E-state index < -0.39 is 0 Å². The minimum atomic E-state index is -0.258. The van der Waals surface area contributed by atoms with Crippen molar-refractivity contribution in [3.8, 4) is 0 Å². The van der Waals surface area contributed by atoms with E-state index in [9.17, 15) is 4.39 Å². The average Bonchev–Trinajstić information content (AvgIpc) is 2.12. The van der Waals surface area contributed by atoms with Gasteiger partial charge < -0.3 is 0 Å². The molecule has 0 atom stereocenters. The molecule has 0 aliphatic heterocycles. The summed E-state index contributed by atoms with van der Waals surface area (Å²) in [5, 5.41) is 0.485. The molecule has 0 nitrogen and oxygen atoms in total. The van der Waals surface area contributed by atoms with Gasteiger partial charge in [0.2, 0.25) is 0 Å². The van der Waals surface area contributed by atoms with Gasteiger partial charge in [0.1, 0.15) is 0 Å². The van der Waals surface area contributed by atoms with Crippen molar-refractivity contribution in [3.05, 3.63) is 27.4 Å². The molecule has 1 aromatic rings. The van der Waals surface area contributed by atoms with Crippen molar-refractivity contribution in [2.24, 2.45) is 0 Å². The Balaban J connectivity index is 2.96. The van der Waals surface area contributed by atoms with Crippen LogP contribution >= 0.6 is 39.3 Å². The SMILES string of the molecule is CCCSc1c(Cl)ccc(Br)c1F. The molecule has 0 N–H and O–H groups in total. The highest BCUT2D eigenvalue weighted by molar-refractivity contribution is 9.10. The number of hydrogen-bond acceptors (Lipinski definition) is 1. The monoisotopic (exact) mass is 282 g/mol. The lowest BCUT2D eigenvalue weighted by molar-refractivity contribution is 0.595. The second-order valence-corrected chi connectivity index (χ2v) is 4.89. The molecule has 0 heterocycles. The summed E-state index contributed by atoms with van der Waals surface area (Å²) in [6.45, 7) is 2.05. The normalized spacial score (nSPS) is 10.5. The van der Waals surface area contributed by atoms with Crippen LogP contribution in [0.5, 0.6) is 0 Å². The van der Waals surface area contributed by atoms with Crippen LogP contribution in [0.2, 0.25) is 5.02 Å². The average molecular weight is 284 g/mol. The highest BCUT2D eigenvalue weighted by Crippen LogP contribution is 2.33. The van der Waals surface area contributed by atoms with Crippen LogP contribution in [-0.4, -0.2) is 5.75 Å². The molecule has 72 valence electrons. The molecule has 0 aliphatic carbocycles. The lowest BCUT2D eigenvalue weighted by atomic mass is 10.3. The van der Waals surface area contributed by atoms with Crippen LogP contribution in [-0.2, 0) is 0 Å². The molecule has 0 saturated carbocycles. The second-order valence-electron chi connectivity index (χ2n) is 2.52. The molecule has 13 heavy (non-hydrogen) atoms. The summed E-state index contributed by atoms with van der Waals surface area (Å²) in [6, 6.07) is 3.32. The van der Waals surface area contributed by atoms with Gasteiger partial charge in [-0.05, 0) is 40.2 Å². The van der Waals surface area contributed by atoms with Gasteiger partial charge >= 0.3 is 0 Å². The summed E-state index contributed by atoms with van der Waals surface area (Å²) in [6.07, 6.45) is 1.01. The number of benzene rings is 1. The van der Waals surface area contributed by atoms with Gasteiger partial charge in [0.25, 0.3) is 0 Å². The van der Waals surface area contributed by atoms with E-state index in [1.54, 1.807) is 12.1 Å². The van der Waals surface area contributed by atoms with Gasteiger partial charge in [-0.15, -0.1) is 11.8 Å². The Morgan fingerprint density at radius 3 is 2.85 bits per heavy atom. The van der Waals surface area contributed by atoms with E-state index in [2.05, 4.69) is 22.9 Å². The standard InChI is InChI=1S/C9H9BrClFS/c1-2-5-13-9-7(11)4-3-6(10)8(9)12/h3-4H,2,5H2,1H3. The van der Waals surface area contributed by atoms with E-state index in [0.29, 0.717) is 14.4 Å². The molecular weight excluding hydrogens is 275 g/mol. The highest BCUT2D eigenvalue weighted by Gasteiger charge is 2.10. The van der Waals surface area contributed by atoms with E-state index in [1.165, 1.54) is 11.8 Å². The smallest absolute Gasteiger partial charge is 0.152 e. The maximum Gasteiger partial charge on any atom is 0.152 e. The van der Waals surface area contributed by atoms with Crippen LogP contribution in [0.1, 0.15) is 13.3 Å².